The van der Waals surface area contributed by atoms with E-state index in [1.807, 2.05) is 0 Å². The number of rotatable bonds is 0. The summed E-state index contributed by atoms with van der Waals surface area (Å²) >= 11 is 0. The third-order valence-electron chi connectivity index (χ3n) is 0. The first kappa shape index (κ1) is 69.8. The fraction of sp³-hybridized carbons (Fsp3) is 0. The SMILES string of the molecule is O.[Ca+2].[Ca+2].[Ca+2].[Ca+2].[Ca+2].[Ca+2].[O-]B([O-])[O-].[O-]B([O-])[O-].[O-]B([O-])[O-].[O-]B([O-])[O-]. The fourth-order valence-corrected chi connectivity index (χ4v) is 0. The normalized spacial score (nSPS) is 4.70. The van der Waals surface area contributed by atoms with Gasteiger partial charge in [-0.2, -0.15) is 0 Å². The fourth-order valence-electron chi connectivity index (χ4n) is 0. The Bertz CT molecular complexity index is 75.4. The Morgan fingerprint density at radius 1 is 0.261 bits per heavy atom. The predicted octanol–water partition coefficient (Wildman–Crippen LogP) is -18.9. The monoisotopic (exact) mass is 494 g/mol. The van der Waals surface area contributed by atoms with E-state index >= 15 is 0 Å². The van der Waals surface area contributed by atoms with Crippen LogP contribution in [-0.4, -0.2) is 261 Å². The van der Waals surface area contributed by atoms with Crippen LogP contribution < -0.4 is 60.3 Å². The molecule has 0 aliphatic rings. The van der Waals surface area contributed by atoms with Crippen LogP contribution in [0.25, 0.3) is 0 Å². The Labute approximate surface area is 313 Å². The van der Waals surface area contributed by atoms with E-state index < -0.39 is 29.3 Å². The van der Waals surface area contributed by atoms with Crippen molar-refractivity contribution in [2.24, 2.45) is 0 Å². The molecule has 2 N–H and O–H groups in total. The van der Waals surface area contributed by atoms with Crippen LogP contribution in [0, 0.1) is 0 Å². The van der Waals surface area contributed by atoms with Gasteiger partial charge in [-0.15, -0.1) is 0 Å². The average Bonchev–Trinajstić information content (AvgIpc) is 1.76. The molecule has 23 heteroatoms. The minimum absolute atomic E-state index is 0. The van der Waals surface area contributed by atoms with Gasteiger partial charge in [0.1, 0.15) is 0 Å². The van der Waals surface area contributed by atoms with Crippen LogP contribution in [0.5, 0.6) is 0 Å². The van der Waals surface area contributed by atoms with Crippen molar-refractivity contribution in [3.05, 3.63) is 0 Å². The second-order valence-corrected chi connectivity index (χ2v) is 1.15. The average molecular weight is 494 g/mol. The largest absolute Gasteiger partial charge is 2.00 e. The van der Waals surface area contributed by atoms with Gasteiger partial charge in [-0.3, -0.25) is 29.3 Å². The molecular weight excluding hydrogens is 492 g/mol. The molecule has 0 aliphatic heterocycles. The molecule has 13 nitrogen and oxygen atoms in total. The van der Waals surface area contributed by atoms with Crippen molar-refractivity contribution in [2.45, 2.75) is 0 Å². The minimum atomic E-state index is -2.92. The maximum atomic E-state index is 8.42. The Kier molecular flexibility index (Phi) is 191. The topological polar surface area (TPSA) is 308 Å². The summed E-state index contributed by atoms with van der Waals surface area (Å²) in [6, 6.07) is 0. The van der Waals surface area contributed by atoms with Gasteiger partial charge in [-0.05, 0) is 0 Å². The number of hydrogen-bond donors (Lipinski definition) is 0. The molecule has 0 spiro atoms. The molecule has 0 rings (SSSR count). The van der Waals surface area contributed by atoms with Crippen molar-refractivity contribution in [3.63, 3.8) is 0 Å². The van der Waals surface area contributed by atoms with E-state index in [0.29, 0.717) is 0 Å². The van der Waals surface area contributed by atoms with Gasteiger partial charge in [0.2, 0.25) is 0 Å². The van der Waals surface area contributed by atoms with Gasteiger partial charge in [0.25, 0.3) is 0 Å². The maximum Gasteiger partial charge on any atom is 2.00 e. The molecular formula is H2B4Ca6O13. The van der Waals surface area contributed by atoms with E-state index in [1.54, 1.807) is 0 Å². The van der Waals surface area contributed by atoms with Crippen LogP contribution in [0.4, 0.5) is 0 Å². The van der Waals surface area contributed by atoms with Crippen molar-refractivity contribution in [1.82, 2.24) is 0 Å². The third kappa shape index (κ3) is 410. The molecule has 0 heterocycles. The van der Waals surface area contributed by atoms with Crippen molar-refractivity contribution in [3.8, 4) is 0 Å². The summed E-state index contributed by atoms with van der Waals surface area (Å²) in [5.74, 6) is 0. The summed E-state index contributed by atoms with van der Waals surface area (Å²) in [7, 11) is -11.7. The van der Waals surface area contributed by atoms with Crippen molar-refractivity contribution in [2.75, 3.05) is 0 Å². The van der Waals surface area contributed by atoms with Gasteiger partial charge in [-0.25, -0.2) is 0 Å². The van der Waals surface area contributed by atoms with Gasteiger partial charge in [0, 0.05) is 0 Å². The second-order valence-electron chi connectivity index (χ2n) is 1.15. The quantitative estimate of drug-likeness (QED) is 0.284. The third-order valence-corrected chi connectivity index (χ3v) is 0. The van der Waals surface area contributed by atoms with E-state index in [9.17, 15) is 0 Å². The zero-order valence-electron chi connectivity index (χ0n) is 12.0. The Morgan fingerprint density at radius 2 is 0.261 bits per heavy atom. The van der Waals surface area contributed by atoms with Gasteiger partial charge >= 0.3 is 226 Å². The maximum absolute atomic E-state index is 8.42. The molecule has 0 bridgehead atoms. The standard InChI is InChI=1S/4BO3.6Ca.H2O/c4*2-1(3)4;;;;;;;/h;;;;;;;;;;1H2/q4*-3;6*+2;. The van der Waals surface area contributed by atoms with Crippen LogP contribution in [0.2, 0.25) is 0 Å². The van der Waals surface area contributed by atoms with Crippen LogP contribution in [0.15, 0.2) is 0 Å². The van der Waals surface area contributed by atoms with E-state index in [2.05, 4.69) is 0 Å². The first-order valence-electron chi connectivity index (χ1n) is 2.83. The molecule has 0 atom stereocenters. The summed E-state index contributed by atoms with van der Waals surface area (Å²) in [5, 5.41) is 101. The summed E-state index contributed by atoms with van der Waals surface area (Å²) in [4.78, 5) is 0. The van der Waals surface area contributed by atoms with E-state index in [1.165, 1.54) is 0 Å². The summed E-state index contributed by atoms with van der Waals surface area (Å²) in [5.41, 5.74) is 0. The Balaban J connectivity index is -0.00000000842. The molecule has 0 saturated heterocycles. The molecule has 0 unspecified atom stereocenters. The van der Waals surface area contributed by atoms with Gasteiger partial charge in [0.15, 0.2) is 0 Å². The minimum Gasteiger partial charge on any atom is -0.907 e. The molecule has 0 fully saturated rings. The molecule has 0 aromatic heterocycles. The first-order valence-corrected chi connectivity index (χ1v) is 2.83. The van der Waals surface area contributed by atoms with Crippen molar-refractivity contribution >= 4 is 256 Å². The summed E-state index contributed by atoms with van der Waals surface area (Å²) in [6.07, 6.45) is 0. The molecule has 0 aromatic carbocycles. The Hall–Kier alpha value is 7.30. The zero-order chi connectivity index (χ0) is 14.3. The van der Waals surface area contributed by atoms with E-state index in [4.69, 9.17) is 60.3 Å². The van der Waals surface area contributed by atoms with Crippen LogP contribution in [0.3, 0.4) is 0 Å². The van der Waals surface area contributed by atoms with Crippen LogP contribution >= 0.6 is 0 Å². The van der Waals surface area contributed by atoms with Crippen LogP contribution in [-0.2, 0) is 0 Å². The first-order chi connectivity index (χ1) is 6.93. The summed E-state index contributed by atoms with van der Waals surface area (Å²) in [6.45, 7) is 0. The van der Waals surface area contributed by atoms with E-state index in [-0.39, 0.29) is 232 Å². The predicted molar refractivity (Wildman–Crippen MR) is 61.2 cm³/mol. The van der Waals surface area contributed by atoms with Gasteiger partial charge < -0.3 is 65.8 Å². The second kappa shape index (κ2) is 63.0. The molecule has 0 aliphatic carbocycles. The summed E-state index contributed by atoms with van der Waals surface area (Å²) < 4.78 is 0. The van der Waals surface area contributed by atoms with Crippen molar-refractivity contribution in [1.29, 1.82) is 0 Å². The molecule has 0 aromatic rings. The van der Waals surface area contributed by atoms with Gasteiger partial charge in [0.05, 0.1) is 0 Å². The molecule has 0 saturated carbocycles. The van der Waals surface area contributed by atoms with Crippen LogP contribution in [0.1, 0.15) is 0 Å². The molecule has 0 amide bonds. The number of hydrogen-bond acceptors (Lipinski definition) is 12. The molecule has 0 radical (unpaired) electrons. The Morgan fingerprint density at radius 3 is 0.261 bits per heavy atom. The van der Waals surface area contributed by atoms with Gasteiger partial charge in [-0.1, -0.05) is 0 Å². The molecule has 23 heavy (non-hydrogen) atoms. The van der Waals surface area contributed by atoms with Crippen molar-refractivity contribution < 1.29 is 65.8 Å². The van der Waals surface area contributed by atoms with E-state index in [0.717, 1.165) is 0 Å². The smallest absolute Gasteiger partial charge is 0.907 e. The zero-order valence-corrected chi connectivity index (χ0v) is 25.2. The molecule has 104 valence electrons.